The van der Waals surface area contributed by atoms with Crippen LogP contribution in [0, 0.1) is 0 Å². The van der Waals surface area contributed by atoms with E-state index in [9.17, 15) is 0 Å². The Bertz CT molecular complexity index is 563. The Labute approximate surface area is 111 Å². The molecule has 0 bridgehead atoms. The average Bonchev–Trinajstić information content (AvgIpc) is 3.16. The Morgan fingerprint density at radius 2 is 2.32 bits per heavy atom. The molecular formula is C14H17N3O2. The van der Waals surface area contributed by atoms with E-state index in [-0.39, 0.29) is 12.6 Å². The van der Waals surface area contributed by atoms with Crippen molar-refractivity contribution < 1.29 is 9.63 Å². The van der Waals surface area contributed by atoms with Crippen LogP contribution in [-0.2, 0) is 6.61 Å². The van der Waals surface area contributed by atoms with Crippen molar-refractivity contribution in [3.63, 3.8) is 0 Å². The van der Waals surface area contributed by atoms with Gasteiger partial charge in [-0.05, 0) is 37.5 Å². The van der Waals surface area contributed by atoms with E-state index in [4.69, 9.17) is 9.63 Å². The summed E-state index contributed by atoms with van der Waals surface area (Å²) in [6.07, 6.45) is 2.33. The molecule has 2 aromatic rings. The maximum Gasteiger partial charge on any atom is 0.248 e. The molecule has 0 saturated heterocycles. The minimum atomic E-state index is -0.0473. The van der Waals surface area contributed by atoms with E-state index in [2.05, 4.69) is 15.5 Å². The Kier molecular flexibility index (Phi) is 3.21. The van der Waals surface area contributed by atoms with Crippen molar-refractivity contribution in [2.24, 2.45) is 0 Å². The van der Waals surface area contributed by atoms with Gasteiger partial charge in [0.1, 0.15) is 6.04 Å². The molecule has 3 rings (SSSR count). The normalized spacial score (nSPS) is 16.3. The number of nitrogens with zero attached hydrogens (tertiary/aromatic N) is 2. The Morgan fingerprint density at radius 3 is 3.05 bits per heavy atom. The zero-order chi connectivity index (χ0) is 13.2. The number of hydrogen-bond acceptors (Lipinski definition) is 5. The van der Waals surface area contributed by atoms with Crippen molar-refractivity contribution in [2.45, 2.75) is 38.3 Å². The lowest BCUT2D eigenvalue weighted by molar-refractivity contribution is 0.282. The van der Waals surface area contributed by atoms with Gasteiger partial charge in [0, 0.05) is 11.6 Å². The standard InChI is InChI=1S/C14H17N3O2/c1-9(14-16-13(17-19-14)11-5-6-11)15-12-4-2-3-10(7-12)8-18/h2-4,7,9,11,15,18H,5-6,8H2,1H3. The summed E-state index contributed by atoms with van der Waals surface area (Å²) in [7, 11) is 0. The highest BCUT2D eigenvalue weighted by Gasteiger charge is 2.29. The summed E-state index contributed by atoms with van der Waals surface area (Å²) < 4.78 is 5.28. The molecule has 5 heteroatoms. The van der Waals surface area contributed by atoms with Gasteiger partial charge in [-0.2, -0.15) is 4.98 Å². The predicted molar refractivity (Wildman–Crippen MR) is 70.7 cm³/mol. The molecule has 0 spiro atoms. The third-order valence-corrected chi connectivity index (χ3v) is 3.26. The van der Waals surface area contributed by atoms with E-state index < -0.39 is 0 Å². The molecular weight excluding hydrogens is 242 g/mol. The van der Waals surface area contributed by atoms with Crippen LogP contribution < -0.4 is 5.32 Å². The fourth-order valence-electron chi connectivity index (χ4n) is 2.00. The first-order valence-corrected chi connectivity index (χ1v) is 6.56. The third kappa shape index (κ3) is 2.76. The zero-order valence-corrected chi connectivity index (χ0v) is 10.8. The highest BCUT2D eigenvalue weighted by atomic mass is 16.5. The summed E-state index contributed by atoms with van der Waals surface area (Å²) in [5, 5.41) is 16.4. The molecule has 1 aromatic carbocycles. The van der Waals surface area contributed by atoms with Crippen LogP contribution >= 0.6 is 0 Å². The van der Waals surface area contributed by atoms with Gasteiger partial charge in [-0.25, -0.2) is 0 Å². The largest absolute Gasteiger partial charge is 0.392 e. The number of hydrogen-bond donors (Lipinski definition) is 2. The summed E-state index contributed by atoms with van der Waals surface area (Å²) >= 11 is 0. The smallest absolute Gasteiger partial charge is 0.248 e. The summed E-state index contributed by atoms with van der Waals surface area (Å²) in [5.74, 6) is 1.94. The van der Waals surface area contributed by atoms with Crippen molar-refractivity contribution in [3.8, 4) is 0 Å². The van der Waals surface area contributed by atoms with Gasteiger partial charge < -0.3 is 14.9 Å². The zero-order valence-electron chi connectivity index (χ0n) is 10.8. The van der Waals surface area contributed by atoms with E-state index in [0.717, 1.165) is 17.1 Å². The monoisotopic (exact) mass is 259 g/mol. The quantitative estimate of drug-likeness (QED) is 0.863. The molecule has 0 radical (unpaired) electrons. The van der Waals surface area contributed by atoms with Gasteiger partial charge in [-0.3, -0.25) is 0 Å². The molecule has 1 atom stereocenters. The maximum atomic E-state index is 9.12. The molecule has 5 nitrogen and oxygen atoms in total. The molecule has 1 aliphatic carbocycles. The van der Waals surface area contributed by atoms with Crippen LogP contribution in [0.15, 0.2) is 28.8 Å². The minimum absolute atomic E-state index is 0.0380. The van der Waals surface area contributed by atoms with Crippen LogP contribution in [0.1, 0.15) is 49.0 Å². The second-order valence-electron chi connectivity index (χ2n) is 4.99. The van der Waals surface area contributed by atoms with E-state index in [0.29, 0.717) is 11.8 Å². The second-order valence-corrected chi connectivity index (χ2v) is 4.99. The molecule has 19 heavy (non-hydrogen) atoms. The predicted octanol–water partition coefficient (Wildman–Crippen LogP) is 2.61. The molecule has 1 aliphatic rings. The molecule has 1 saturated carbocycles. The molecule has 1 heterocycles. The number of nitrogens with one attached hydrogen (secondary N) is 1. The van der Waals surface area contributed by atoms with Crippen molar-refractivity contribution in [1.82, 2.24) is 10.1 Å². The first-order chi connectivity index (χ1) is 9.26. The van der Waals surface area contributed by atoms with Crippen molar-refractivity contribution >= 4 is 5.69 Å². The van der Waals surface area contributed by atoms with Gasteiger partial charge in [0.05, 0.1) is 6.61 Å². The van der Waals surface area contributed by atoms with Crippen molar-refractivity contribution in [2.75, 3.05) is 5.32 Å². The lowest BCUT2D eigenvalue weighted by Gasteiger charge is -2.11. The lowest BCUT2D eigenvalue weighted by atomic mass is 10.2. The average molecular weight is 259 g/mol. The highest BCUT2D eigenvalue weighted by Crippen LogP contribution is 2.38. The maximum absolute atomic E-state index is 9.12. The number of aliphatic hydroxyl groups excluding tert-OH is 1. The molecule has 0 aliphatic heterocycles. The number of rotatable bonds is 5. The number of aromatic nitrogens is 2. The molecule has 2 N–H and O–H groups in total. The first kappa shape index (κ1) is 12.2. The Hall–Kier alpha value is -1.88. The van der Waals surface area contributed by atoms with Gasteiger partial charge in [0.2, 0.25) is 5.89 Å². The van der Waals surface area contributed by atoms with Crippen LogP contribution in [-0.4, -0.2) is 15.2 Å². The summed E-state index contributed by atoms with van der Waals surface area (Å²) in [6.45, 7) is 2.02. The summed E-state index contributed by atoms with van der Waals surface area (Å²) in [4.78, 5) is 4.42. The number of benzene rings is 1. The van der Waals surface area contributed by atoms with Gasteiger partial charge in [0.25, 0.3) is 0 Å². The number of aliphatic hydroxyl groups is 1. The SMILES string of the molecule is CC(Nc1cccc(CO)c1)c1nc(C2CC2)no1. The van der Waals surface area contributed by atoms with Crippen molar-refractivity contribution in [3.05, 3.63) is 41.5 Å². The molecule has 1 aromatic heterocycles. The summed E-state index contributed by atoms with van der Waals surface area (Å²) in [6, 6.07) is 7.61. The first-order valence-electron chi connectivity index (χ1n) is 6.56. The van der Waals surface area contributed by atoms with Crippen LogP contribution in [0.3, 0.4) is 0 Å². The van der Waals surface area contributed by atoms with E-state index >= 15 is 0 Å². The van der Waals surface area contributed by atoms with Gasteiger partial charge in [-0.15, -0.1) is 0 Å². The molecule has 1 fully saturated rings. The highest BCUT2D eigenvalue weighted by molar-refractivity contribution is 5.46. The topological polar surface area (TPSA) is 71.2 Å². The molecule has 1 unspecified atom stereocenters. The molecule has 100 valence electrons. The van der Waals surface area contributed by atoms with E-state index in [1.54, 1.807) is 0 Å². The van der Waals surface area contributed by atoms with Crippen molar-refractivity contribution in [1.29, 1.82) is 0 Å². The van der Waals surface area contributed by atoms with E-state index in [1.807, 2.05) is 31.2 Å². The number of anilines is 1. The Balaban J connectivity index is 1.70. The van der Waals surface area contributed by atoms with Crippen LogP contribution in [0.5, 0.6) is 0 Å². The fourth-order valence-corrected chi connectivity index (χ4v) is 2.00. The van der Waals surface area contributed by atoms with Gasteiger partial charge >= 0.3 is 0 Å². The second kappa shape index (κ2) is 5.01. The summed E-state index contributed by atoms with van der Waals surface area (Å²) in [5.41, 5.74) is 1.81. The van der Waals surface area contributed by atoms with Crippen LogP contribution in [0.4, 0.5) is 5.69 Å². The minimum Gasteiger partial charge on any atom is -0.392 e. The molecule has 0 amide bonds. The van der Waals surface area contributed by atoms with E-state index in [1.165, 1.54) is 12.8 Å². The third-order valence-electron chi connectivity index (χ3n) is 3.26. The van der Waals surface area contributed by atoms with Crippen LogP contribution in [0.2, 0.25) is 0 Å². The van der Waals surface area contributed by atoms with Gasteiger partial charge in [0.15, 0.2) is 5.82 Å². The lowest BCUT2D eigenvalue weighted by Crippen LogP contribution is -2.07. The fraction of sp³-hybridized carbons (Fsp3) is 0.429. The van der Waals surface area contributed by atoms with Gasteiger partial charge in [-0.1, -0.05) is 17.3 Å². The van der Waals surface area contributed by atoms with Crippen LogP contribution in [0.25, 0.3) is 0 Å². The Morgan fingerprint density at radius 1 is 1.47 bits per heavy atom.